The van der Waals surface area contributed by atoms with Gasteiger partial charge in [0.2, 0.25) is 0 Å². The number of nitrogens with one attached hydrogen (secondary N) is 2. The van der Waals surface area contributed by atoms with Gasteiger partial charge in [-0.2, -0.15) is 0 Å². The van der Waals surface area contributed by atoms with E-state index in [2.05, 4.69) is 35.1 Å². The van der Waals surface area contributed by atoms with E-state index in [4.69, 9.17) is 4.84 Å². The zero-order valence-electron chi connectivity index (χ0n) is 12.4. The lowest BCUT2D eigenvalue weighted by molar-refractivity contribution is 0.271. The van der Waals surface area contributed by atoms with Crippen molar-refractivity contribution in [1.82, 2.24) is 0 Å². The van der Waals surface area contributed by atoms with Gasteiger partial charge in [-0.25, -0.2) is 0 Å². The van der Waals surface area contributed by atoms with Crippen molar-refractivity contribution in [1.29, 1.82) is 0 Å². The molecule has 0 aromatic heterocycles. The number of hydrogen-bond acceptors (Lipinski definition) is 3. The van der Waals surface area contributed by atoms with Crippen LogP contribution in [0, 0.1) is 0 Å². The monoisotopic (exact) mass is 290 g/mol. The number of rotatable bonds is 5. The Morgan fingerprint density at radius 2 is 1.23 bits per heavy atom. The lowest BCUT2D eigenvalue weighted by atomic mass is 10.0. The van der Waals surface area contributed by atoms with Crippen LogP contribution in [0.1, 0.15) is 0 Å². The second-order valence-corrected chi connectivity index (χ2v) is 4.89. The molecule has 3 aromatic carbocycles. The van der Waals surface area contributed by atoms with Crippen molar-refractivity contribution in [3.05, 3.63) is 78.9 Å². The van der Waals surface area contributed by atoms with Gasteiger partial charge in [-0.3, -0.25) is 10.3 Å². The third-order valence-electron chi connectivity index (χ3n) is 3.42. The Balaban J connectivity index is 1.97. The summed E-state index contributed by atoms with van der Waals surface area (Å²) in [5.41, 5.74) is 8.15. The van der Waals surface area contributed by atoms with E-state index in [9.17, 15) is 0 Å². The molecule has 0 fully saturated rings. The van der Waals surface area contributed by atoms with Crippen LogP contribution in [0.2, 0.25) is 0 Å². The summed E-state index contributed by atoms with van der Waals surface area (Å²) in [5.74, 6) is 0. The highest BCUT2D eigenvalue weighted by molar-refractivity contribution is 5.84. The number of benzene rings is 3. The minimum Gasteiger partial charge on any atom is -0.353 e. The Morgan fingerprint density at radius 1 is 0.636 bits per heavy atom. The first-order chi connectivity index (χ1) is 10.9. The fraction of sp³-hybridized carbons (Fsp3) is 0.0526. The van der Waals surface area contributed by atoms with Crippen molar-refractivity contribution < 1.29 is 4.84 Å². The highest BCUT2D eigenvalue weighted by Gasteiger charge is 2.07. The van der Waals surface area contributed by atoms with Crippen molar-refractivity contribution in [2.75, 3.05) is 17.9 Å². The second-order valence-electron chi connectivity index (χ2n) is 4.89. The maximum atomic E-state index is 5.03. The topological polar surface area (TPSA) is 33.3 Å². The molecule has 0 saturated heterocycles. The fourth-order valence-corrected chi connectivity index (χ4v) is 2.40. The van der Waals surface area contributed by atoms with Gasteiger partial charge in [0.1, 0.15) is 0 Å². The zero-order valence-corrected chi connectivity index (χ0v) is 12.4. The van der Waals surface area contributed by atoms with E-state index >= 15 is 0 Å². The van der Waals surface area contributed by atoms with Crippen LogP contribution in [0.4, 0.5) is 17.1 Å². The van der Waals surface area contributed by atoms with Crippen LogP contribution in [0.5, 0.6) is 0 Å². The number of hydrogen-bond donors (Lipinski definition) is 2. The molecular weight excluding hydrogens is 272 g/mol. The van der Waals surface area contributed by atoms with Crippen LogP contribution in [0.15, 0.2) is 78.9 Å². The molecule has 0 unspecified atom stereocenters. The molecule has 110 valence electrons. The first-order valence-electron chi connectivity index (χ1n) is 7.18. The maximum absolute atomic E-state index is 5.03. The van der Waals surface area contributed by atoms with E-state index in [1.165, 1.54) is 5.56 Å². The normalized spacial score (nSPS) is 10.2. The quantitative estimate of drug-likeness (QED) is 0.644. The van der Waals surface area contributed by atoms with Gasteiger partial charge in [0.25, 0.3) is 0 Å². The van der Waals surface area contributed by atoms with Crippen molar-refractivity contribution in [3.8, 4) is 11.1 Å². The molecule has 0 aliphatic heterocycles. The average molecular weight is 290 g/mol. The molecule has 0 aliphatic carbocycles. The molecule has 0 atom stereocenters. The molecule has 22 heavy (non-hydrogen) atoms. The summed E-state index contributed by atoms with van der Waals surface area (Å²) in [7, 11) is 1.61. The van der Waals surface area contributed by atoms with E-state index in [-0.39, 0.29) is 0 Å². The van der Waals surface area contributed by atoms with Gasteiger partial charge < -0.3 is 5.32 Å². The summed E-state index contributed by atoms with van der Waals surface area (Å²) >= 11 is 0. The highest BCUT2D eigenvalue weighted by atomic mass is 16.6. The number of para-hydroxylation sites is 3. The van der Waals surface area contributed by atoms with Gasteiger partial charge in [0.05, 0.1) is 18.5 Å². The third kappa shape index (κ3) is 3.10. The molecular formula is C19H18N2O. The van der Waals surface area contributed by atoms with Crippen LogP contribution in [0.25, 0.3) is 11.1 Å². The minimum atomic E-state index is 0.896. The van der Waals surface area contributed by atoms with Crippen LogP contribution in [0.3, 0.4) is 0 Å². The zero-order chi connectivity index (χ0) is 15.2. The molecule has 0 saturated carbocycles. The van der Waals surface area contributed by atoms with Gasteiger partial charge in [-0.1, -0.05) is 60.7 Å². The van der Waals surface area contributed by atoms with Gasteiger partial charge in [0, 0.05) is 11.3 Å². The first kappa shape index (κ1) is 14.2. The Bertz CT molecular complexity index is 741. The summed E-state index contributed by atoms with van der Waals surface area (Å²) < 4.78 is 0. The maximum Gasteiger partial charge on any atom is 0.0839 e. The molecule has 3 heteroatoms. The minimum absolute atomic E-state index is 0.896. The predicted molar refractivity (Wildman–Crippen MR) is 92.2 cm³/mol. The van der Waals surface area contributed by atoms with Gasteiger partial charge in [-0.15, -0.1) is 0 Å². The van der Waals surface area contributed by atoms with Crippen LogP contribution < -0.4 is 10.8 Å². The Kier molecular flexibility index (Phi) is 4.37. The van der Waals surface area contributed by atoms with E-state index in [1.807, 2.05) is 54.6 Å². The average Bonchev–Trinajstić information content (AvgIpc) is 2.58. The smallest absolute Gasteiger partial charge is 0.0839 e. The third-order valence-corrected chi connectivity index (χ3v) is 3.42. The molecule has 3 nitrogen and oxygen atoms in total. The molecule has 0 radical (unpaired) electrons. The van der Waals surface area contributed by atoms with Crippen molar-refractivity contribution in [3.63, 3.8) is 0 Å². The summed E-state index contributed by atoms with van der Waals surface area (Å²) in [6.45, 7) is 0. The van der Waals surface area contributed by atoms with Crippen LogP contribution in [-0.2, 0) is 4.84 Å². The molecule has 3 rings (SSSR count). The SMILES string of the molecule is CONc1ccccc1Nc1ccccc1-c1ccccc1. The van der Waals surface area contributed by atoms with Crippen molar-refractivity contribution in [2.24, 2.45) is 0 Å². The molecule has 0 aliphatic rings. The summed E-state index contributed by atoms with van der Waals surface area (Å²) in [6.07, 6.45) is 0. The summed E-state index contributed by atoms with van der Waals surface area (Å²) in [5, 5.41) is 3.48. The second kappa shape index (κ2) is 6.78. The van der Waals surface area contributed by atoms with E-state index in [1.54, 1.807) is 7.11 Å². The van der Waals surface area contributed by atoms with E-state index in [0.717, 1.165) is 22.6 Å². The van der Waals surface area contributed by atoms with Crippen LogP contribution in [-0.4, -0.2) is 7.11 Å². The van der Waals surface area contributed by atoms with Crippen molar-refractivity contribution >= 4 is 17.1 Å². The molecule has 0 amide bonds. The van der Waals surface area contributed by atoms with Gasteiger partial charge >= 0.3 is 0 Å². The Morgan fingerprint density at radius 3 is 1.95 bits per heavy atom. The van der Waals surface area contributed by atoms with E-state index < -0.39 is 0 Å². The molecule has 2 N–H and O–H groups in total. The van der Waals surface area contributed by atoms with Gasteiger partial charge in [-0.05, 0) is 23.8 Å². The largest absolute Gasteiger partial charge is 0.353 e. The van der Waals surface area contributed by atoms with Crippen LogP contribution >= 0.6 is 0 Å². The number of anilines is 3. The standard InChI is InChI=1S/C19H18N2O/c1-22-21-19-14-8-7-13-18(19)20-17-12-6-5-11-16(17)15-9-3-2-4-10-15/h2-14,20-21H,1H3. The van der Waals surface area contributed by atoms with Gasteiger partial charge in [0.15, 0.2) is 0 Å². The molecule has 3 aromatic rings. The molecule has 0 heterocycles. The Labute approximate surface area is 130 Å². The molecule has 0 spiro atoms. The summed E-state index contributed by atoms with van der Waals surface area (Å²) in [4.78, 5) is 5.03. The fourth-order valence-electron chi connectivity index (χ4n) is 2.40. The van der Waals surface area contributed by atoms with Crippen molar-refractivity contribution in [2.45, 2.75) is 0 Å². The molecule has 0 bridgehead atoms. The lowest BCUT2D eigenvalue weighted by Crippen LogP contribution is -2.01. The van der Waals surface area contributed by atoms with E-state index in [0.29, 0.717) is 0 Å². The first-order valence-corrected chi connectivity index (χ1v) is 7.18. The predicted octanol–water partition coefficient (Wildman–Crippen LogP) is 5.07. The highest BCUT2D eigenvalue weighted by Crippen LogP contribution is 2.32. The summed E-state index contributed by atoms with van der Waals surface area (Å²) in [6, 6.07) is 26.6. The Hall–Kier alpha value is -2.78. The lowest BCUT2D eigenvalue weighted by Gasteiger charge is -2.15.